The van der Waals surface area contributed by atoms with Gasteiger partial charge in [-0.25, -0.2) is 5.10 Å². The summed E-state index contributed by atoms with van der Waals surface area (Å²) < 4.78 is 0. The molecule has 3 rings (SSSR count). The molecule has 0 bridgehead atoms. The molecule has 2 aromatic heterocycles. The molecule has 0 spiro atoms. The molecule has 4 nitrogen and oxygen atoms in total. The van der Waals surface area contributed by atoms with Crippen LogP contribution in [0.2, 0.25) is 0 Å². The van der Waals surface area contributed by atoms with Crippen LogP contribution in [-0.2, 0) is 0 Å². The minimum atomic E-state index is -0.191. The van der Waals surface area contributed by atoms with Crippen LogP contribution in [0.4, 0.5) is 0 Å². The molecule has 3 aromatic rings. The van der Waals surface area contributed by atoms with Crippen LogP contribution in [0.15, 0.2) is 47.4 Å². The molecular weight excluding hydrogens is 202 g/mol. The summed E-state index contributed by atoms with van der Waals surface area (Å²) in [6.45, 7) is 0. The second-order valence-electron chi connectivity index (χ2n) is 3.55. The first-order valence-corrected chi connectivity index (χ1v) is 4.97. The minimum Gasteiger partial charge on any atom is -0.360 e. The average molecular weight is 211 g/mol. The molecule has 0 atom stereocenters. The molecule has 16 heavy (non-hydrogen) atoms. The monoisotopic (exact) mass is 211 g/mol. The van der Waals surface area contributed by atoms with E-state index in [-0.39, 0.29) is 5.56 Å². The zero-order chi connectivity index (χ0) is 11.0. The van der Waals surface area contributed by atoms with E-state index in [4.69, 9.17) is 0 Å². The number of aromatic nitrogens is 3. The largest absolute Gasteiger partial charge is 0.360 e. The first-order valence-electron chi connectivity index (χ1n) is 4.97. The lowest BCUT2D eigenvalue weighted by atomic mass is 10.1. The van der Waals surface area contributed by atoms with E-state index in [2.05, 4.69) is 15.2 Å². The molecule has 2 N–H and O–H groups in total. The van der Waals surface area contributed by atoms with Crippen molar-refractivity contribution >= 4 is 10.9 Å². The molecule has 0 aliphatic carbocycles. The number of rotatable bonds is 1. The number of nitrogens with one attached hydrogen (secondary N) is 2. The smallest absolute Gasteiger partial charge is 0.264 e. The summed E-state index contributed by atoms with van der Waals surface area (Å²) in [6, 6.07) is 11.2. The van der Waals surface area contributed by atoms with Crippen LogP contribution >= 0.6 is 0 Å². The summed E-state index contributed by atoms with van der Waals surface area (Å²) in [5, 5.41) is 7.55. The number of hydrogen-bond donors (Lipinski definition) is 2. The number of fused-ring (bicyclic) bond motifs is 1. The first kappa shape index (κ1) is 8.91. The fraction of sp³-hybridized carbons (Fsp3) is 0. The van der Waals surface area contributed by atoms with Crippen molar-refractivity contribution in [1.82, 2.24) is 15.2 Å². The molecule has 1 aromatic carbocycles. The van der Waals surface area contributed by atoms with E-state index >= 15 is 0 Å². The van der Waals surface area contributed by atoms with E-state index in [0.717, 1.165) is 22.2 Å². The summed E-state index contributed by atoms with van der Waals surface area (Å²) in [7, 11) is 0. The molecule has 78 valence electrons. The molecule has 2 heterocycles. The quantitative estimate of drug-likeness (QED) is 0.646. The Morgan fingerprint density at radius 1 is 1.06 bits per heavy atom. The lowest BCUT2D eigenvalue weighted by Gasteiger charge is -1.96. The zero-order valence-electron chi connectivity index (χ0n) is 8.40. The highest BCUT2D eigenvalue weighted by atomic mass is 16.1. The van der Waals surface area contributed by atoms with Crippen LogP contribution in [0.1, 0.15) is 0 Å². The van der Waals surface area contributed by atoms with E-state index in [1.54, 1.807) is 6.07 Å². The summed E-state index contributed by atoms with van der Waals surface area (Å²) in [5.74, 6) is 0. The normalized spacial score (nSPS) is 10.8. The third-order valence-electron chi connectivity index (χ3n) is 2.54. The molecule has 0 aliphatic heterocycles. The number of para-hydroxylation sites is 1. The fourth-order valence-corrected chi connectivity index (χ4v) is 1.78. The van der Waals surface area contributed by atoms with Crippen LogP contribution in [-0.4, -0.2) is 15.2 Å². The van der Waals surface area contributed by atoms with Crippen LogP contribution < -0.4 is 5.56 Å². The molecule has 0 unspecified atom stereocenters. The van der Waals surface area contributed by atoms with Crippen molar-refractivity contribution in [3.63, 3.8) is 0 Å². The van der Waals surface area contributed by atoms with Gasteiger partial charge in [0.2, 0.25) is 0 Å². The Bertz CT molecular complexity index is 676. The fourth-order valence-electron chi connectivity index (χ4n) is 1.78. The van der Waals surface area contributed by atoms with Crippen molar-refractivity contribution in [3.05, 3.63) is 52.9 Å². The van der Waals surface area contributed by atoms with Crippen molar-refractivity contribution in [2.45, 2.75) is 0 Å². The molecule has 0 saturated carbocycles. The molecule has 0 aliphatic rings. The Hall–Kier alpha value is -2.36. The van der Waals surface area contributed by atoms with Crippen molar-refractivity contribution in [3.8, 4) is 11.3 Å². The lowest BCUT2D eigenvalue weighted by molar-refractivity contribution is 0.996. The maximum absolute atomic E-state index is 10.9. The van der Waals surface area contributed by atoms with Gasteiger partial charge >= 0.3 is 0 Å². The highest BCUT2D eigenvalue weighted by molar-refractivity contribution is 5.94. The van der Waals surface area contributed by atoms with Gasteiger partial charge in [0.15, 0.2) is 0 Å². The third-order valence-corrected chi connectivity index (χ3v) is 2.54. The van der Waals surface area contributed by atoms with Gasteiger partial charge in [-0.3, -0.25) is 4.79 Å². The summed E-state index contributed by atoms with van der Waals surface area (Å²) in [6.07, 6.45) is 1.89. The summed E-state index contributed by atoms with van der Waals surface area (Å²) in [5.41, 5.74) is 2.62. The van der Waals surface area contributed by atoms with E-state index in [1.807, 2.05) is 30.5 Å². The lowest BCUT2D eigenvalue weighted by Crippen LogP contribution is -2.05. The van der Waals surface area contributed by atoms with Gasteiger partial charge in [-0.15, -0.1) is 0 Å². The Morgan fingerprint density at radius 2 is 1.94 bits per heavy atom. The van der Waals surface area contributed by atoms with Crippen molar-refractivity contribution in [2.75, 3.05) is 0 Å². The minimum absolute atomic E-state index is 0.191. The molecule has 0 radical (unpaired) electrons. The Labute approximate surface area is 90.9 Å². The number of hydrogen-bond acceptors (Lipinski definition) is 2. The van der Waals surface area contributed by atoms with E-state index < -0.39 is 0 Å². The van der Waals surface area contributed by atoms with Gasteiger partial charge in [-0.05, 0) is 12.1 Å². The maximum atomic E-state index is 10.9. The third kappa shape index (κ3) is 1.32. The molecule has 0 fully saturated rings. The Morgan fingerprint density at radius 3 is 2.75 bits per heavy atom. The predicted octanol–water partition coefficient (Wildman–Crippen LogP) is 1.92. The van der Waals surface area contributed by atoms with E-state index in [9.17, 15) is 4.79 Å². The van der Waals surface area contributed by atoms with Crippen LogP contribution in [0, 0.1) is 0 Å². The van der Waals surface area contributed by atoms with Gasteiger partial charge in [-0.1, -0.05) is 18.2 Å². The molecule has 4 heteroatoms. The molecule has 0 amide bonds. The van der Waals surface area contributed by atoms with Crippen LogP contribution in [0.25, 0.3) is 22.2 Å². The van der Waals surface area contributed by atoms with Gasteiger partial charge in [0.05, 0.1) is 5.69 Å². The van der Waals surface area contributed by atoms with Gasteiger partial charge in [0.1, 0.15) is 0 Å². The zero-order valence-corrected chi connectivity index (χ0v) is 8.40. The highest BCUT2D eigenvalue weighted by Gasteiger charge is 2.06. The summed E-state index contributed by atoms with van der Waals surface area (Å²) >= 11 is 0. The van der Waals surface area contributed by atoms with Gasteiger partial charge in [0, 0.05) is 28.7 Å². The topological polar surface area (TPSA) is 61.5 Å². The van der Waals surface area contributed by atoms with Crippen molar-refractivity contribution in [1.29, 1.82) is 0 Å². The molecular formula is C12H9N3O. The van der Waals surface area contributed by atoms with Gasteiger partial charge < -0.3 is 4.98 Å². The highest BCUT2D eigenvalue weighted by Crippen LogP contribution is 2.25. The van der Waals surface area contributed by atoms with Crippen LogP contribution in [0.3, 0.4) is 0 Å². The van der Waals surface area contributed by atoms with E-state index in [1.165, 1.54) is 6.07 Å². The summed E-state index contributed by atoms with van der Waals surface area (Å²) in [4.78, 5) is 14.1. The molecule has 0 saturated heterocycles. The second kappa shape index (κ2) is 3.34. The standard InChI is InChI=1S/C12H9N3O/c16-12-6-5-11(14-15-12)9-7-13-10-4-2-1-3-8(9)10/h1-7,13H,(H,15,16). The van der Waals surface area contributed by atoms with Gasteiger partial charge in [-0.2, -0.15) is 5.10 Å². The number of aromatic amines is 2. The van der Waals surface area contributed by atoms with Crippen LogP contribution in [0.5, 0.6) is 0 Å². The number of benzene rings is 1. The Balaban J connectivity index is 2.26. The van der Waals surface area contributed by atoms with Crippen molar-refractivity contribution in [2.24, 2.45) is 0 Å². The number of H-pyrrole nitrogens is 2. The average Bonchev–Trinajstić information content (AvgIpc) is 2.74. The van der Waals surface area contributed by atoms with E-state index in [0.29, 0.717) is 0 Å². The second-order valence-corrected chi connectivity index (χ2v) is 3.55. The maximum Gasteiger partial charge on any atom is 0.264 e. The van der Waals surface area contributed by atoms with Crippen molar-refractivity contribution < 1.29 is 0 Å². The van der Waals surface area contributed by atoms with Gasteiger partial charge in [0.25, 0.3) is 5.56 Å². The SMILES string of the molecule is O=c1ccc(-c2c[nH]c3ccccc23)n[nH]1. The first-order chi connectivity index (χ1) is 7.84. The predicted molar refractivity (Wildman–Crippen MR) is 62.2 cm³/mol. The Kier molecular flexibility index (Phi) is 1.86. The number of nitrogens with zero attached hydrogens (tertiary/aromatic N) is 1.